The van der Waals surface area contributed by atoms with Crippen molar-refractivity contribution in [1.29, 1.82) is 0 Å². The van der Waals surface area contributed by atoms with Crippen LogP contribution in [0.1, 0.15) is 23.2 Å². The Morgan fingerprint density at radius 1 is 1.25 bits per heavy atom. The van der Waals surface area contributed by atoms with Crippen molar-refractivity contribution in [3.8, 4) is 5.75 Å². The third-order valence-electron chi connectivity index (χ3n) is 3.52. The Bertz CT molecular complexity index is 849. The van der Waals surface area contributed by atoms with Gasteiger partial charge in [-0.25, -0.2) is 18.1 Å². The standard InChI is InChI=1S/C16H17N3O4S/c1-23-13-8-5-11(16(20)18-15-4-2-3-9-17-15)10-14(13)24(21,22)19-12-6-7-12/h2-5,8-10,12,19H,6-7H2,1H3,(H,17,18,20). The highest BCUT2D eigenvalue weighted by molar-refractivity contribution is 7.89. The van der Waals surface area contributed by atoms with Crippen molar-refractivity contribution in [3.63, 3.8) is 0 Å². The normalized spacial score (nSPS) is 14.2. The first kappa shape index (κ1) is 16.4. The van der Waals surface area contributed by atoms with E-state index in [1.165, 1.54) is 25.3 Å². The number of benzene rings is 1. The van der Waals surface area contributed by atoms with Gasteiger partial charge in [-0.15, -0.1) is 0 Å². The van der Waals surface area contributed by atoms with E-state index in [4.69, 9.17) is 4.74 Å². The molecule has 0 spiro atoms. The van der Waals surface area contributed by atoms with Crippen LogP contribution < -0.4 is 14.8 Å². The van der Waals surface area contributed by atoms with E-state index in [0.717, 1.165) is 12.8 Å². The number of ether oxygens (including phenoxy) is 1. The van der Waals surface area contributed by atoms with Crippen LogP contribution in [0.25, 0.3) is 0 Å². The van der Waals surface area contributed by atoms with E-state index < -0.39 is 15.9 Å². The van der Waals surface area contributed by atoms with Crippen LogP contribution in [0.3, 0.4) is 0 Å². The maximum Gasteiger partial charge on any atom is 0.256 e. The summed E-state index contributed by atoms with van der Waals surface area (Å²) in [5, 5.41) is 2.62. The molecule has 1 aromatic heterocycles. The number of methoxy groups -OCH3 is 1. The van der Waals surface area contributed by atoms with E-state index in [0.29, 0.717) is 5.82 Å². The van der Waals surface area contributed by atoms with E-state index in [1.54, 1.807) is 24.4 Å². The fraction of sp³-hybridized carbons (Fsp3) is 0.250. The lowest BCUT2D eigenvalue weighted by Crippen LogP contribution is -2.26. The van der Waals surface area contributed by atoms with Crippen molar-refractivity contribution >= 4 is 21.7 Å². The van der Waals surface area contributed by atoms with Gasteiger partial charge in [0.2, 0.25) is 10.0 Å². The summed E-state index contributed by atoms with van der Waals surface area (Å²) in [6, 6.07) is 9.37. The number of hydrogen-bond donors (Lipinski definition) is 2. The molecule has 2 aromatic rings. The lowest BCUT2D eigenvalue weighted by atomic mass is 10.2. The summed E-state index contributed by atoms with van der Waals surface area (Å²) in [4.78, 5) is 16.3. The Morgan fingerprint density at radius 3 is 2.67 bits per heavy atom. The van der Waals surface area contributed by atoms with Crippen LogP contribution in [0.15, 0.2) is 47.5 Å². The van der Waals surface area contributed by atoms with Crippen LogP contribution in [0.5, 0.6) is 5.75 Å². The molecule has 126 valence electrons. The van der Waals surface area contributed by atoms with Gasteiger partial charge < -0.3 is 10.1 Å². The summed E-state index contributed by atoms with van der Waals surface area (Å²) in [6.07, 6.45) is 3.20. The van der Waals surface area contributed by atoms with E-state index in [9.17, 15) is 13.2 Å². The monoisotopic (exact) mass is 347 g/mol. The highest BCUT2D eigenvalue weighted by atomic mass is 32.2. The molecule has 0 unspecified atom stereocenters. The molecule has 0 atom stereocenters. The number of hydrogen-bond acceptors (Lipinski definition) is 5. The average Bonchev–Trinajstić information content (AvgIpc) is 3.38. The number of nitrogens with one attached hydrogen (secondary N) is 2. The molecule has 3 rings (SSSR count). The molecule has 7 nitrogen and oxygen atoms in total. The largest absolute Gasteiger partial charge is 0.495 e. The number of amides is 1. The molecule has 1 saturated carbocycles. The van der Waals surface area contributed by atoms with Gasteiger partial charge in [-0.05, 0) is 43.2 Å². The predicted octanol–water partition coefficient (Wildman–Crippen LogP) is 1.78. The first-order chi connectivity index (χ1) is 11.5. The third kappa shape index (κ3) is 3.72. The first-order valence-corrected chi connectivity index (χ1v) is 8.90. The van der Waals surface area contributed by atoms with E-state index in [1.807, 2.05) is 0 Å². The summed E-state index contributed by atoms with van der Waals surface area (Å²) in [5.41, 5.74) is 0.206. The highest BCUT2D eigenvalue weighted by Crippen LogP contribution is 2.28. The lowest BCUT2D eigenvalue weighted by molar-refractivity contribution is 0.102. The number of pyridine rings is 1. The lowest BCUT2D eigenvalue weighted by Gasteiger charge is -2.12. The van der Waals surface area contributed by atoms with Gasteiger partial charge in [0, 0.05) is 17.8 Å². The topological polar surface area (TPSA) is 97.4 Å². The quantitative estimate of drug-likeness (QED) is 0.830. The molecule has 1 heterocycles. The molecular formula is C16H17N3O4S. The molecule has 1 amide bonds. The number of rotatable bonds is 6. The van der Waals surface area contributed by atoms with Crippen molar-refractivity contribution in [2.24, 2.45) is 0 Å². The molecule has 0 saturated heterocycles. The zero-order valence-corrected chi connectivity index (χ0v) is 13.8. The smallest absolute Gasteiger partial charge is 0.256 e. The minimum atomic E-state index is -3.74. The molecule has 1 fully saturated rings. The fourth-order valence-corrected chi connectivity index (χ4v) is 3.64. The van der Waals surface area contributed by atoms with Crippen LogP contribution in [0.4, 0.5) is 5.82 Å². The molecule has 1 aliphatic carbocycles. The number of carbonyl (C=O) groups is 1. The summed E-state index contributed by atoms with van der Waals surface area (Å²) >= 11 is 0. The van der Waals surface area contributed by atoms with Gasteiger partial charge in [-0.3, -0.25) is 4.79 Å². The predicted molar refractivity (Wildman–Crippen MR) is 88.5 cm³/mol. The van der Waals surface area contributed by atoms with Gasteiger partial charge >= 0.3 is 0 Å². The molecule has 8 heteroatoms. The van der Waals surface area contributed by atoms with Crippen LogP contribution in [-0.2, 0) is 10.0 Å². The van der Waals surface area contributed by atoms with Crippen LogP contribution >= 0.6 is 0 Å². The third-order valence-corrected chi connectivity index (χ3v) is 5.06. The second-order valence-electron chi connectivity index (χ2n) is 5.43. The zero-order chi connectivity index (χ0) is 17.2. The van der Waals surface area contributed by atoms with Gasteiger partial charge in [0.25, 0.3) is 5.91 Å². The summed E-state index contributed by atoms with van der Waals surface area (Å²) < 4.78 is 32.6. The zero-order valence-electron chi connectivity index (χ0n) is 13.0. The molecule has 1 aromatic carbocycles. The van der Waals surface area contributed by atoms with E-state index in [-0.39, 0.29) is 22.3 Å². The Morgan fingerprint density at radius 2 is 2.04 bits per heavy atom. The minimum absolute atomic E-state index is 0.0364. The van der Waals surface area contributed by atoms with Gasteiger partial charge in [0.1, 0.15) is 16.5 Å². The van der Waals surface area contributed by atoms with Crippen molar-refractivity contribution in [3.05, 3.63) is 48.2 Å². The van der Waals surface area contributed by atoms with Crippen LogP contribution in [-0.4, -0.2) is 32.5 Å². The first-order valence-electron chi connectivity index (χ1n) is 7.42. The van der Waals surface area contributed by atoms with Crippen LogP contribution in [0.2, 0.25) is 0 Å². The summed E-state index contributed by atoms with van der Waals surface area (Å²) in [6.45, 7) is 0. The van der Waals surface area contributed by atoms with Gasteiger partial charge in [0.15, 0.2) is 0 Å². The Balaban J connectivity index is 1.89. The Kier molecular flexibility index (Phi) is 4.50. The molecule has 0 aliphatic heterocycles. The minimum Gasteiger partial charge on any atom is -0.495 e. The fourth-order valence-electron chi connectivity index (χ4n) is 2.14. The molecule has 2 N–H and O–H groups in total. The number of nitrogens with zero attached hydrogens (tertiary/aromatic N) is 1. The highest BCUT2D eigenvalue weighted by Gasteiger charge is 2.30. The molecule has 24 heavy (non-hydrogen) atoms. The molecule has 0 bridgehead atoms. The summed E-state index contributed by atoms with van der Waals surface area (Å²) in [7, 11) is -2.35. The molecule has 0 radical (unpaired) electrons. The average molecular weight is 347 g/mol. The van der Waals surface area contributed by atoms with Crippen molar-refractivity contribution in [2.75, 3.05) is 12.4 Å². The second kappa shape index (κ2) is 6.58. The number of carbonyl (C=O) groups excluding carboxylic acids is 1. The van der Waals surface area contributed by atoms with Gasteiger partial charge in [-0.1, -0.05) is 6.07 Å². The summed E-state index contributed by atoms with van der Waals surface area (Å²) in [5.74, 6) is 0.135. The number of aromatic nitrogens is 1. The maximum absolute atomic E-state index is 12.5. The molecular weight excluding hydrogens is 330 g/mol. The molecule has 1 aliphatic rings. The van der Waals surface area contributed by atoms with Crippen molar-refractivity contribution in [2.45, 2.75) is 23.8 Å². The van der Waals surface area contributed by atoms with Crippen molar-refractivity contribution < 1.29 is 17.9 Å². The number of anilines is 1. The second-order valence-corrected chi connectivity index (χ2v) is 7.11. The SMILES string of the molecule is COc1ccc(C(=O)Nc2ccccn2)cc1S(=O)(=O)NC1CC1. The van der Waals surface area contributed by atoms with Gasteiger partial charge in [-0.2, -0.15) is 0 Å². The maximum atomic E-state index is 12.5. The van der Waals surface area contributed by atoms with E-state index >= 15 is 0 Å². The Labute approximate surface area is 140 Å². The number of sulfonamides is 1. The van der Waals surface area contributed by atoms with Crippen molar-refractivity contribution in [1.82, 2.24) is 9.71 Å². The van der Waals surface area contributed by atoms with Crippen LogP contribution in [0, 0.1) is 0 Å². The Hall–Kier alpha value is -2.45. The van der Waals surface area contributed by atoms with Gasteiger partial charge in [0.05, 0.1) is 7.11 Å². The van der Waals surface area contributed by atoms with E-state index in [2.05, 4.69) is 15.0 Å².